The molecule has 3 aromatic rings. The number of fused-ring (bicyclic) bond motifs is 1. The molecule has 4 heterocycles. The van der Waals surface area contributed by atoms with E-state index >= 15 is 0 Å². The van der Waals surface area contributed by atoms with Crippen molar-refractivity contribution in [2.24, 2.45) is 13.0 Å². The molecule has 0 radical (unpaired) electrons. The number of sulfonamides is 1. The third kappa shape index (κ3) is 3.50. The quantitative estimate of drug-likeness (QED) is 0.343. The summed E-state index contributed by atoms with van der Waals surface area (Å²) in [6.07, 6.45) is 5.69. The van der Waals surface area contributed by atoms with Crippen LogP contribution in [0.5, 0.6) is 0 Å². The number of carbonyl (C=O) groups excluding carboxylic acids is 1. The Bertz CT molecular complexity index is 1630. The maximum atomic E-state index is 13.7. The Morgan fingerprint density at radius 2 is 2.03 bits per heavy atom. The molecular weight excluding hydrogens is 516 g/mol. The monoisotopic (exact) mass is 541 g/mol. The fourth-order valence-electron chi connectivity index (χ4n) is 5.45. The smallest absolute Gasteiger partial charge is 0.353 e. The molecule has 0 bridgehead atoms. The highest BCUT2D eigenvalue weighted by atomic mass is 32.2. The minimum absolute atomic E-state index is 0.191. The largest absolute Gasteiger partial charge is 0.477 e. The molecule has 10 nitrogen and oxygen atoms in total. The first-order valence-electron chi connectivity index (χ1n) is 11.8. The van der Waals surface area contributed by atoms with Gasteiger partial charge in [-0.3, -0.25) is 14.0 Å². The number of aromatic nitrogens is 2. The van der Waals surface area contributed by atoms with Crippen molar-refractivity contribution in [2.45, 2.75) is 36.3 Å². The van der Waals surface area contributed by atoms with Crippen LogP contribution < -0.4 is 8.87 Å². The zero-order chi connectivity index (χ0) is 26.2. The number of aliphatic hydroxyl groups excluding tert-OH is 1. The second-order valence-electron chi connectivity index (χ2n) is 9.56. The number of carbonyl (C=O) groups is 2. The molecule has 3 atom stereocenters. The summed E-state index contributed by atoms with van der Waals surface area (Å²) in [5, 5.41) is 20.8. The van der Waals surface area contributed by atoms with Crippen LogP contribution in [0.15, 0.2) is 64.6 Å². The zero-order valence-electron chi connectivity index (χ0n) is 20.1. The minimum atomic E-state index is -3.94. The number of β-lactam (4-membered cyclic amide) rings is 1. The lowest BCUT2D eigenvalue weighted by Crippen LogP contribution is -2.60. The van der Waals surface area contributed by atoms with Gasteiger partial charge in [0, 0.05) is 16.7 Å². The molecule has 12 heteroatoms. The maximum Gasteiger partial charge on any atom is 0.353 e. The van der Waals surface area contributed by atoms with Crippen LogP contribution in [-0.4, -0.2) is 58.0 Å². The van der Waals surface area contributed by atoms with E-state index in [1.807, 2.05) is 48.5 Å². The maximum absolute atomic E-state index is 13.7. The molecule has 0 spiro atoms. The fourth-order valence-corrected chi connectivity index (χ4v) is 8.79. The molecule has 1 fully saturated rings. The third-order valence-corrected chi connectivity index (χ3v) is 10.4. The second-order valence-corrected chi connectivity index (χ2v) is 12.6. The molecule has 0 saturated carbocycles. The number of benzene rings is 2. The van der Waals surface area contributed by atoms with E-state index < -0.39 is 39.3 Å². The number of aryl methyl sites for hydroxylation is 3. The van der Waals surface area contributed by atoms with Gasteiger partial charge in [0.1, 0.15) is 23.5 Å². The third-order valence-electron chi connectivity index (χ3n) is 7.23. The van der Waals surface area contributed by atoms with Crippen LogP contribution in [0, 0.1) is 5.92 Å². The number of anilines is 1. The van der Waals surface area contributed by atoms with E-state index in [9.17, 15) is 28.2 Å². The molecule has 0 aliphatic carbocycles. The molecule has 3 aliphatic rings. The van der Waals surface area contributed by atoms with Gasteiger partial charge in [-0.15, -0.1) is 0 Å². The van der Waals surface area contributed by atoms with Crippen molar-refractivity contribution < 1.29 is 32.8 Å². The van der Waals surface area contributed by atoms with Crippen LogP contribution in [0.4, 0.5) is 5.69 Å². The van der Waals surface area contributed by atoms with E-state index in [4.69, 9.17) is 0 Å². The lowest BCUT2D eigenvalue weighted by molar-refractivity contribution is -0.671. The molecule has 1 amide bonds. The Hall–Kier alpha value is -3.35. The molecule has 2 N–H and O–H groups in total. The van der Waals surface area contributed by atoms with Crippen LogP contribution >= 0.6 is 11.8 Å². The van der Waals surface area contributed by atoms with Crippen molar-refractivity contribution in [1.29, 1.82) is 0 Å². The van der Waals surface area contributed by atoms with Gasteiger partial charge in [0.05, 0.1) is 42.7 Å². The highest BCUT2D eigenvalue weighted by Crippen LogP contribution is 2.52. The summed E-state index contributed by atoms with van der Waals surface area (Å²) in [7, 11) is -1.99. The summed E-state index contributed by atoms with van der Waals surface area (Å²) < 4.78 is 32.6. The van der Waals surface area contributed by atoms with Crippen molar-refractivity contribution in [3.63, 3.8) is 0 Å². The number of nitrogens with zero attached hydrogens (tertiary/aromatic N) is 4. The summed E-state index contributed by atoms with van der Waals surface area (Å²) in [4.78, 5) is 26.3. The van der Waals surface area contributed by atoms with Crippen molar-refractivity contribution in [1.82, 2.24) is 9.47 Å². The standard InChI is InChI=1S/C25H24N4O6S2/c1-14(30)20-23(31)29-22(25(32)33)18(36-24(20)29)12-28-17-5-3-4-16-15(8-9-27-11-10-26(2)13-27)6-7-19(21(16)17)37(28,34)35/h3-7,10-11,13-14,20,24,30H,8-9,12H2,1-2H3/p+1. The highest BCUT2D eigenvalue weighted by Gasteiger charge is 2.58. The molecule has 1 saturated heterocycles. The number of rotatable bonds is 7. The average molecular weight is 542 g/mol. The number of imidazole rings is 1. The van der Waals surface area contributed by atoms with Crippen molar-refractivity contribution in [3.05, 3.63) is 65.2 Å². The zero-order valence-corrected chi connectivity index (χ0v) is 21.7. The van der Waals surface area contributed by atoms with Crippen LogP contribution in [0.3, 0.4) is 0 Å². The first kappa shape index (κ1) is 24.0. The minimum Gasteiger partial charge on any atom is -0.477 e. The molecule has 192 valence electrons. The van der Waals surface area contributed by atoms with Gasteiger partial charge in [0.25, 0.3) is 10.0 Å². The Labute approximate surface area is 217 Å². The van der Waals surface area contributed by atoms with Gasteiger partial charge >= 0.3 is 5.97 Å². The molecule has 3 unspecified atom stereocenters. The van der Waals surface area contributed by atoms with E-state index in [0.29, 0.717) is 17.5 Å². The van der Waals surface area contributed by atoms with E-state index in [1.54, 1.807) is 12.1 Å². The Balaban J connectivity index is 1.37. The number of aliphatic hydroxyl groups is 1. The summed E-state index contributed by atoms with van der Waals surface area (Å²) in [5.41, 5.74) is 1.30. The van der Waals surface area contributed by atoms with Crippen molar-refractivity contribution >= 4 is 50.1 Å². The van der Waals surface area contributed by atoms with Crippen molar-refractivity contribution in [3.8, 4) is 0 Å². The van der Waals surface area contributed by atoms with Gasteiger partial charge in [-0.2, -0.15) is 0 Å². The van der Waals surface area contributed by atoms with Crippen LogP contribution in [0.1, 0.15) is 12.5 Å². The summed E-state index contributed by atoms with van der Waals surface area (Å²) in [6, 6.07) is 8.92. The van der Waals surface area contributed by atoms with Gasteiger partial charge in [-0.05, 0) is 30.0 Å². The van der Waals surface area contributed by atoms with E-state index in [2.05, 4.69) is 4.57 Å². The number of carboxylic acid groups (broad SMARTS) is 1. The molecule has 1 aromatic heterocycles. The number of carboxylic acids is 1. The SMILES string of the molecule is CC(O)C1C(=O)N2C(C(=O)O)=C(CN3c4cccc5c(CCn6cc[n+](C)c6)ccc(c45)S3(=O)=O)SC12. The second kappa shape index (κ2) is 8.33. The van der Waals surface area contributed by atoms with Gasteiger partial charge in [0.2, 0.25) is 12.2 Å². The molecular formula is C25H25N4O6S2+. The first-order chi connectivity index (χ1) is 17.6. The first-order valence-corrected chi connectivity index (χ1v) is 14.1. The fraction of sp³-hybridized carbons (Fsp3) is 0.320. The van der Waals surface area contributed by atoms with Gasteiger partial charge in [-0.25, -0.2) is 22.3 Å². The topological polar surface area (TPSA) is 124 Å². The van der Waals surface area contributed by atoms with Gasteiger partial charge < -0.3 is 10.2 Å². The van der Waals surface area contributed by atoms with Crippen LogP contribution in [-0.2, 0) is 39.6 Å². The number of thioether (sulfide) groups is 1. The summed E-state index contributed by atoms with van der Waals surface area (Å²) in [5.74, 6) is -2.48. The lowest BCUT2D eigenvalue weighted by atomic mass is 9.92. The average Bonchev–Trinajstić information content (AvgIpc) is 3.46. The predicted octanol–water partition coefficient (Wildman–Crippen LogP) is 1.43. The van der Waals surface area contributed by atoms with Gasteiger partial charge in [-0.1, -0.05) is 30.0 Å². The van der Waals surface area contributed by atoms with Crippen LogP contribution in [0.2, 0.25) is 0 Å². The summed E-state index contributed by atoms with van der Waals surface area (Å²) >= 11 is 1.14. The normalized spacial score (nSPS) is 22.5. The van der Waals surface area contributed by atoms with Gasteiger partial charge in [0.15, 0.2) is 0 Å². The van der Waals surface area contributed by atoms with Crippen LogP contribution in [0.25, 0.3) is 10.8 Å². The molecule has 3 aliphatic heterocycles. The lowest BCUT2D eigenvalue weighted by Gasteiger charge is -2.43. The molecule has 2 aromatic carbocycles. The molecule has 37 heavy (non-hydrogen) atoms. The Morgan fingerprint density at radius 3 is 2.70 bits per heavy atom. The highest BCUT2D eigenvalue weighted by molar-refractivity contribution is 8.04. The number of hydrogen-bond donors (Lipinski definition) is 2. The Kier molecular flexibility index (Phi) is 5.41. The number of hydrogen-bond acceptors (Lipinski definition) is 6. The number of aliphatic carboxylic acids is 1. The summed E-state index contributed by atoms with van der Waals surface area (Å²) in [6.45, 7) is 2.02. The van der Waals surface area contributed by atoms with E-state index in [0.717, 1.165) is 34.2 Å². The van der Waals surface area contributed by atoms with E-state index in [1.165, 1.54) is 11.2 Å². The van der Waals surface area contributed by atoms with E-state index in [-0.39, 0.29) is 22.0 Å². The predicted molar refractivity (Wildman–Crippen MR) is 136 cm³/mol. The Morgan fingerprint density at radius 1 is 1.24 bits per heavy atom. The number of amides is 1. The van der Waals surface area contributed by atoms with Crippen molar-refractivity contribution in [2.75, 3.05) is 10.8 Å². The molecule has 6 rings (SSSR count).